The molecule has 1 atom stereocenters. The molecule has 0 aromatic heterocycles. The van der Waals surface area contributed by atoms with Crippen molar-refractivity contribution in [3.63, 3.8) is 0 Å². The van der Waals surface area contributed by atoms with Crippen LogP contribution in [0.15, 0.2) is 64.0 Å². The van der Waals surface area contributed by atoms with E-state index in [9.17, 15) is 32.0 Å². The average molecular weight is 622 g/mol. The van der Waals surface area contributed by atoms with Crippen LogP contribution in [0.4, 0.5) is 22.0 Å². The van der Waals surface area contributed by atoms with Crippen LogP contribution in [-0.2, 0) is 0 Å². The lowest BCUT2D eigenvalue weighted by atomic mass is 10.1. The van der Waals surface area contributed by atoms with Gasteiger partial charge in [-0.2, -0.15) is 18.4 Å². The highest BCUT2D eigenvalue weighted by molar-refractivity contribution is 9.10. The molecule has 0 aliphatic rings. The first-order valence-corrected chi connectivity index (χ1v) is 12.1. The van der Waals surface area contributed by atoms with E-state index in [1.807, 2.05) is 6.07 Å². The summed E-state index contributed by atoms with van der Waals surface area (Å²) in [5.41, 5.74) is -6.04. The largest absolute Gasteiger partial charge is 0.486 e. The smallest absolute Gasteiger partial charge is 0.446 e. The molecule has 1 N–H and O–H groups in total. The maximum Gasteiger partial charge on any atom is 0.446 e. The molecular weight excluding hydrogens is 607 g/mol. The molecule has 194 valence electrons. The molecule has 3 aromatic rings. The van der Waals surface area contributed by atoms with Crippen LogP contribution in [0.1, 0.15) is 17.3 Å². The Bertz CT molecular complexity index is 1350. The number of rotatable bonds is 8. The van der Waals surface area contributed by atoms with Gasteiger partial charge in [-0.05, 0) is 71.0 Å². The number of hydrogen-bond donors (Lipinski definition) is 1. The summed E-state index contributed by atoms with van der Waals surface area (Å²) < 4.78 is 76.2. The monoisotopic (exact) mass is 620 g/mol. The van der Waals surface area contributed by atoms with Gasteiger partial charge in [0.2, 0.25) is 0 Å². The number of nitrogens with zero attached hydrogens (tertiary/aromatic N) is 1. The van der Waals surface area contributed by atoms with Crippen molar-refractivity contribution in [3.05, 3.63) is 81.3 Å². The Labute approximate surface area is 225 Å². The fraction of sp³-hybridized carbons (Fsp3) is 0.167. The van der Waals surface area contributed by atoms with Crippen molar-refractivity contribution in [1.82, 2.24) is 5.32 Å². The van der Waals surface area contributed by atoms with Crippen LogP contribution in [0.25, 0.3) is 0 Å². The van der Waals surface area contributed by atoms with Crippen LogP contribution >= 0.6 is 39.3 Å². The number of amides is 1. The van der Waals surface area contributed by atoms with Gasteiger partial charge < -0.3 is 14.8 Å². The van der Waals surface area contributed by atoms with Crippen LogP contribution in [-0.4, -0.2) is 23.6 Å². The molecule has 0 fully saturated rings. The van der Waals surface area contributed by atoms with Gasteiger partial charge in [-0.3, -0.25) is 4.79 Å². The first-order chi connectivity index (χ1) is 17.3. The van der Waals surface area contributed by atoms with Gasteiger partial charge in [0.05, 0.1) is 10.5 Å². The predicted molar refractivity (Wildman–Crippen MR) is 131 cm³/mol. The second-order valence-electron chi connectivity index (χ2n) is 7.65. The first-order valence-electron chi connectivity index (χ1n) is 10.1. The molecule has 5 nitrogen and oxygen atoms in total. The van der Waals surface area contributed by atoms with Gasteiger partial charge in [-0.25, -0.2) is 8.78 Å². The molecule has 0 aliphatic heterocycles. The Balaban J connectivity index is 1.75. The highest BCUT2D eigenvalue weighted by Crippen LogP contribution is 2.39. The summed E-state index contributed by atoms with van der Waals surface area (Å²) in [5.74, 6) is -2.66. The maximum atomic E-state index is 13.9. The van der Waals surface area contributed by atoms with E-state index < -0.39 is 35.2 Å². The summed E-state index contributed by atoms with van der Waals surface area (Å²) in [5, 5.41) is 12.4. The number of hydrogen-bond acceptors (Lipinski definition) is 5. The van der Waals surface area contributed by atoms with E-state index in [0.717, 1.165) is 18.2 Å². The Morgan fingerprint density at radius 2 is 1.76 bits per heavy atom. The van der Waals surface area contributed by atoms with Gasteiger partial charge in [0.15, 0.2) is 17.0 Å². The SMILES string of the molecule is C[C@@](C#N)(COc1cc(Cl)ccc1Oc1cc(F)cc(F)c1Br)NC(=O)c1ccc(SC(F)(F)F)cc1. The van der Waals surface area contributed by atoms with Gasteiger partial charge in [-0.1, -0.05) is 11.6 Å². The third-order valence-corrected chi connectivity index (χ3v) is 6.33. The minimum Gasteiger partial charge on any atom is -0.486 e. The number of benzene rings is 3. The standard InChI is InChI=1S/C24H15BrClF5N2O3S/c1-23(11-32,33-22(34)13-2-5-16(6-3-13)37-24(29,30)31)12-35-19-8-14(26)4-7-18(19)36-20-10-15(27)9-17(28)21(20)25/h2-10H,12H2,1H3,(H,33,34)/t23-/m1/s1. The minimum atomic E-state index is -4.47. The van der Waals surface area contributed by atoms with E-state index >= 15 is 0 Å². The quantitative estimate of drug-likeness (QED) is 0.157. The second kappa shape index (κ2) is 11.6. The summed E-state index contributed by atoms with van der Waals surface area (Å²) in [6.45, 7) is 0.953. The summed E-state index contributed by atoms with van der Waals surface area (Å²) in [6.07, 6.45) is 0. The molecule has 3 rings (SSSR count). The van der Waals surface area contributed by atoms with Crippen LogP contribution in [0, 0.1) is 23.0 Å². The van der Waals surface area contributed by atoms with Crippen molar-refractivity contribution in [3.8, 4) is 23.3 Å². The van der Waals surface area contributed by atoms with Gasteiger partial charge in [-0.15, -0.1) is 0 Å². The zero-order valence-electron chi connectivity index (χ0n) is 18.6. The highest BCUT2D eigenvalue weighted by atomic mass is 79.9. The molecule has 3 aromatic carbocycles. The first kappa shape index (κ1) is 28.6. The zero-order valence-corrected chi connectivity index (χ0v) is 21.8. The number of ether oxygens (including phenoxy) is 2. The fourth-order valence-electron chi connectivity index (χ4n) is 2.85. The average Bonchev–Trinajstić information content (AvgIpc) is 2.81. The molecule has 0 saturated carbocycles. The number of carbonyl (C=O) groups is 1. The molecule has 0 saturated heterocycles. The van der Waals surface area contributed by atoms with Crippen molar-refractivity contribution in [2.24, 2.45) is 0 Å². The van der Waals surface area contributed by atoms with Crippen LogP contribution in [0.2, 0.25) is 5.02 Å². The van der Waals surface area contributed by atoms with Gasteiger partial charge in [0.1, 0.15) is 24.0 Å². The molecule has 0 aliphatic carbocycles. The Morgan fingerprint density at radius 3 is 2.38 bits per heavy atom. The fourth-order valence-corrected chi connectivity index (χ4v) is 3.86. The van der Waals surface area contributed by atoms with Crippen molar-refractivity contribution >= 4 is 45.2 Å². The van der Waals surface area contributed by atoms with Crippen LogP contribution in [0.5, 0.6) is 17.2 Å². The van der Waals surface area contributed by atoms with Gasteiger partial charge >= 0.3 is 5.51 Å². The van der Waals surface area contributed by atoms with Gasteiger partial charge in [0.25, 0.3) is 5.91 Å². The lowest BCUT2D eigenvalue weighted by Gasteiger charge is -2.24. The number of alkyl halides is 3. The van der Waals surface area contributed by atoms with E-state index in [4.69, 9.17) is 21.1 Å². The van der Waals surface area contributed by atoms with E-state index in [1.165, 1.54) is 37.3 Å². The Morgan fingerprint density at radius 1 is 1.08 bits per heavy atom. The molecule has 0 heterocycles. The van der Waals surface area contributed by atoms with Crippen molar-refractivity contribution in [2.45, 2.75) is 22.9 Å². The van der Waals surface area contributed by atoms with Crippen molar-refractivity contribution in [1.29, 1.82) is 5.26 Å². The highest BCUT2D eigenvalue weighted by Gasteiger charge is 2.30. The van der Waals surface area contributed by atoms with E-state index in [0.29, 0.717) is 6.07 Å². The minimum absolute atomic E-state index is 0.00771. The summed E-state index contributed by atoms with van der Waals surface area (Å²) in [4.78, 5) is 12.5. The third kappa shape index (κ3) is 7.99. The van der Waals surface area contributed by atoms with Crippen LogP contribution < -0.4 is 14.8 Å². The second-order valence-corrected chi connectivity index (χ2v) is 10.0. The van der Waals surface area contributed by atoms with Gasteiger partial charge in [0, 0.05) is 33.7 Å². The van der Waals surface area contributed by atoms with E-state index in [-0.39, 0.29) is 49.0 Å². The number of nitrogens with one attached hydrogen (secondary N) is 1. The van der Waals surface area contributed by atoms with E-state index in [1.54, 1.807) is 0 Å². The lowest BCUT2D eigenvalue weighted by Crippen LogP contribution is -2.49. The van der Waals surface area contributed by atoms with Crippen LogP contribution in [0.3, 0.4) is 0 Å². The molecule has 13 heteroatoms. The number of carbonyl (C=O) groups excluding carboxylic acids is 1. The number of thioether (sulfide) groups is 1. The summed E-state index contributed by atoms with van der Waals surface area (Å²) in [6, 6.07) is 12.4. The lowest BCUT2D eigenvalue weighted by molar-refractivity contribution is -0.0328. The molecule has 37 heavy (non-hydrogen) atoms. The van der Waals surface area contributed by atoms with Crippen molar-refractivity contribution in [2.75, 3.05) is 6.61 Å². The van der Waals surface area contributed by atoms with Crippen molar-refractivity contribution < 1.29 is 36.2 Å². The predicted octanol–water partition coefficient (Wildman–Crippen LogP) is 7.88. The summed E-state index contributed by atoms with van der Waals surface area (Å²) in [7, 11) is 0. The maximum absolute atomic E-state index is 13.9. The Hall–Kier alpha value is -3.01. The molecule has 0 radical (unpaired) electrons. The zero-order chi connectivity index (χ0) is 27.4. The Kier molecular flexibility index (Phi) is 8.94. The third-order valence-electron chi connectivity index (χ3n) is 4.59. The normalized spacial score (nSPS) is 12.8. The molecule has 1 amide bonds. The molecular formula is C24H15BrClF5N2O3S. The topological polar surface area (TPSA) is 71.3 Å². The molecule has 0 unspecified atom stereocenters. The molecule has 0 spiro atoms. The summed E-state index contributed by atoms with van der Waals surface area (Å²) >= 11 is 8.69. The van der Waals surface area contributed by atoms with E-state index in [2.05, 4.69) is 21.2 Å². The number of nitriles is 1. The number of halogens is 7. The molecule has 0 bridgehead atoms.